The molecule has 0 aliphatic heterocycles. The molecule has 0 aromatic carbocycles. The maximum absolute atomic E-state index is 4.27. The van der Waals surface area contributed by atoms with Crippen LogP contribution in [0.15, 0.2) is 11.2 Å². The second kappa shape index (κ2) is 3.95. The van der Waals surface area contributed by atoms with E-state index in [9.17, 15) is 0 Å². The summed E-state index contributed by atoms with van der Waals surface area (Å²) >= 11 is 0. The topological polar surface area (TPSA) is 38.1 Å². The second-order valence-corrected chi connectivity index (χ2v) is 2.57. The summed E-state index contributed by atoms with van der Waals surface area (Å²) in [6.45, 7) is 3.97. The van der Waals surface area contributed by atoms with Crippen LogP contribution in [0.3, 0.4) is 0 Å². The summed E-state index contributed by atoms with van der Waals surface area (Å²) < 4.78 is 0. The fraction of sp³-hybridized carbons (Fsp3) is 0.444. The monoisotopic (exact) mass is 163 g/mol. The molecule has 1 heterocycles. The Morgan fingerprint density at radius 3 is 2.92 bits per heavy atom. The molecule has 0 unspecified atom stereocenters. The third-order valence-corrected chi connectivity index (χ3v) is 1.65. The molecule has 0 saturated heterocycles. The van der Waals surface area contributed by atoms with Gasteiger partial charge in [-0.3, -0.25) is 4.99 Å². The number of aryl methyl sites for hydroxylation is 2. The van der Waals surface area contributed by atoms with Gasteiger partial charge >= 0.3 is 0 Å². The molecular formula is C9H13N3. The molecule has 1 rings (SSSR count). The molecule has 1 aromatic heterocycles. The first kappa shape index (κ1) is 8.84. The Labute approximate surface area is 72.6 Å². The lowest BCUT2D eigenvalue weighted by molar-refractivity contribution is 0.980. The van der Waals surface area contributed by atoms with Crippen LogP contribution in [0.25, 0.3) is 0 Å². The summed E-state index contributed by atoms with van der Waals surface area (Å²) in [5.74, 6) is 0.794. The summed E-state index contributed by atoms with van der Waals surface area (Å²) in [5.41, 5.74) is 2.08. The van der Waals surface area contributed by atoms with E-state index >= 15 is 0 Å². The van der Waals surface area contributed by atoms with E-state index in [1.165, 1.54) is 0 Å². The van der Waals surface area contributed by atoms with Crippen LogP contribution < -0.4 is 0 Å². The average molecular weight is 163 g/mol. The number of rotatable bonds is 2. The van der Waals surface area contributed by atoms with Gasteiger partial charge in [0.15, 0.2) is 0 Å². The van der Waals surface area contributed by atoms with Crippen LogP contribution in [-0.2, 0) is 6.42 Å². The molecule has 0 N–H and O–H groups in total. The Morgan fingerprint density at radius 1 is 1.58 bits per heavy atom. The zero-order chi connectivity index (χ0) is 8.97. The molecule has 0 fully saturated rings. The van der Waals surface area contributed by atoms with E-state index in [4.69, 9.17) is 0 Å². The van der Waals surface area contributed by atoms with Gasteiger partial charge in [0.05, 0.1) is 5.69 Å². The molecule has 3 nitrogen and oxygen atoms in total. The summed E-state index contributed by atoms with van der Waals surface area (Å²) in [5, 5.41) is 0. The SMILES string of the molecule is CCc1cnc(C)nc1C=NC. The molecule has 1 aromatic rings. The summed E-state index contributed by atoms with van der Waals surface area (Å²) in [4.78, 5) is 12.3. The largest absolute Gasteiger partial charge is 0.294 e. The van der Waals surface area contributed by atoms with Crippen molar-refractivity contribution in [2.75, 3.05) is 7.05 Å². The quantitative estimate of drug-likeness (QED) is 0.618. The van der Waals surface area contributed by atoms with Crippen molar-refractivity contribution in [3.8, 4) is 0 Å². The lowest BCUT2D eigenvalue weighted by Gasteiger charge is -2.01. The molecule has 0 atom stereocenters. The highest BCUT2D eigenvalue weighted by Gasteiger charge is 1.99. The fourth-order valence-electron chi connectivity index (χ4n) is 1.02. The summed E-state index contributed by atoms with van der Waals surface area (Å²) in [7, 11) is 1.75. The van der Waals surface area contributed by atoms with Crippen LogP contribution in [-0.4, -0.2) is 23.2 Å². The van der Waals surface area contributed by atoms with Crippen molar-refractivity contribution >= 4 is 6.21 Å². The van der Waals surface area contributed by atoms with Gasteiger partial charge in [0.2, 0.25) is 0 Å². The van der Waals surface area contributed by atoms with Crippen molar-refractivity contribution in [2.24, 2.45) is 4.99 Å². The van der Waals surface area contributed by atoms with Crippen molar-refractivity contribution in [2.45, 2.75) is 20.3 Å². The molecule has 3 heteroatoms. The minimum atomic E-state index is 0.794. The molecule has 0 spiro atoms. The molecule has 12 heavy (non-hydrogen) atoms. The molecule has 0 aliphatic carbocycles. The van der Waals surface area contributed by atoms with Gasteiger partial charge < -0.3 is 0 Å². The van der Waals surface area contributed by atoms with Gasteiger partial charge in [0, 0.05) is 19.5 Å². The van der Waals surface area contributed by atoms with Crippen molar-refractivity contribution in [1.29, 1.82) is 0 Å². The van der Waals surface area contributed by atoms with Gasteiger partial charge in [-0.25, -0.2) is 9.97 Å². The van der Waals surface area contributed by atoms with Gasteiger partial charge in [0.1, 0.15) is 5.82 Å². The summed E-state index contributed by atoms with van der Waals surface area (Å²) in [6.07, 6.45) is 4.58. The number of aromatic nitrogens is 2. The smallest absolute Gasteiger partial charge is 0.125 e. The van der Waals surface area contributed by atoms with Crippen molar-refractivity contribution in [3.63, 3.8) is 0 Å². The Balaban J connectivity index is 3.12. The lowest BCUT2D eigenvalue weighted by atomic mass is 10.2. The highest BCUT2D eigenvalue weighted by molar-refractivity contribution is 5.78. The van der Waals surface area contributed by atoms with E-state index in [0.29, 0.717) is 0 Å². The Bertz CT molecular complexity index is 292. The van der Waals surface area contributed by atoms with Gasteiger partial charge in [0.25, 0.3) is 0 Å². The molecule has 0 radical (unpaired) electrons. The van der Waals surface area contributed by atoms with Crippen molar-refractivity contribution in [3.05, 3.63) is 23.3 Å². The predicted octanol–water partition coefficient (Wildman–Crippen LogP) is 1.40. The van der Waals surface area contributed by atoms with Crippen molar-refractivity contribution < 1.29 is 0 Å². The van der Waals surface area contributed by atoms with E-state index in [0.717, 1.165) is 23.5 Å². The molecular weight excluding hydrogens is 150 g/mol. The van der Waals surface area contributed by atoms with Crippen LogP contribution in [0.1, 0.15) is 24.0 Å². The number of nitrogens with zero attached hydrogens (tertiary/aromatic N) is 3. The van der Waals surface area contributed by atoms with Crippen molar-refractivity contribution in [1.82, 2.24) is 9.97 Å². The van der Waals surface area contributed by atoms with E-state index < -0.39 is 0 Å². The molecule has 0 aliphatic rings. The van der Waals surface area contributed by atoms with E-state index in [2.05, 4.69) is 21.9 Å². The highest BCUT2D eigenvalue weighted by atomic mass is 14.9. The zero-order valence-corrected chi connectivity index (χ0v) is 7.70. The Hall–Kier alpha value is -1.25. The van der Waals surface area contributed by atoms with Gasteiger partial charge in [-0.1, -0.05) is 6.92 Å². The second-order valence-electron chi connectivity index (χ2n) is 2.57. The number of hydrogen-bond acceptors (Lipinski definition) is 3. The van der Waals surface area contributed by atoms with E-state index in [-0.39, 0.29) is 0 Å². The fourth-order valence-corrected chi connectivity index (χ4v) is 1.02. The van der Waals surface area contributed by atoms with Gasteiger partial charge in [-0.05, 0) is 18.9 Å². The van der Waals surface area contributed by atoms with Crippen LogP contribution in [0, 0.1) is 6.92 Å². The first-order chi connectivity index (χ1) is 5.77. The molecule has 0 saturated carbocycles. The zero-order valence-electron chi connectivity index (χ0n) is 7.70. The molecule has 0 amide bonds. The third-order valence-electron chi connectivity index (χ3n) is 1.65. The average Bonchev–Trinajstić information content (AvgIpc) is 2.05. The normalized spacial score (nSPS) is 10.9. The van der Waals surface area contributed by atoms with E-state index in [1.807, 2.05) is 13.1 Å². The third kappa shape index (κ3) is 1.87. The Morgan fingerprint density at radius 2 is 2.33 bits per heavy atom. The molecule has 0 bridgehead atoms. The first-order valence-corrected chi connectivity index (χ1v) is 4.02. The standard InChI is InChI=1S/C9H13N3/c1-4-8-5-11-7(2)12-9(8)6-10-3/h5-6H,4H2,1-3H3. The minimum absolute atomic E-state index is 0.794. The number of aliphatic imine (C=N–C) groups is 1. The van der Waals surface area contributed by atoms with Gasteiger partial charge in [-0.15, -0.1) is 0 Å². The van der Waals surface area contributed by atoms with Crippen LogP contribution in [0.5, 0.6) is 0 Å². The van der Waals surface area contributed by atoms with Crippen LogP contribution >= 0.6 is 0 Å². The van der Waals surface area contributed by atoms with Crippen LogP contribution in [0.4, 0.5) is 0 Å². The highest BCUT2D eigenvalue weighted by Crippen LogP contribution is 2.03. The lowest BCUT2D eigenvalue weighted by Crippen LogP contribution is -1.99. The number of hydrogen-bond donors (Lipinski definition) is 0. The maximum Gasteiger partial charge on any atom is 0.125 e. The first-order valence-electron chi connectivity index (χ1n) is 4.02. The summed E-state index contributed by atoms with van der Waals surface area (Å²) in [6, 6.07) is 0. The maximum atomic E-state index is 4.27. The minimum Gasteiger partial charge on any atom is -0.294 e. The Kier molecular flexibility index (Phi) is 2.91. The predicted molar refractivity (Wildman–Crippen MR) is 49.7 cm³/mol. The van der Waals surface area contributed by atoms with Gasteiger partial charge in [-0.2, -0.15) is 0 Å². The molecule has 64 valence electrons. The van der Waals surface area contributed by atoms with Crippen LogP contribution in [0.2, 0.25) is 0 Å². The van der Waals surface area contributed by atoms with E-state index in [1.54, 1.807) is 13.3 Å².